The Morgan fingerprint density at radius 2 is 1.90 bits per heavy atom. The van der Waals surface area contributed by atoms with Crippen LogP contribution in [-0.2, 0) is 0 Å². The molecular weight excluding hydrogens is 281 g/mol. The molecule has 0 aromatic heterocycles. The lowest BCUT2D eigenvalue weighted by molar-refractivity contribution is -0.274. The smallest absolute Gasteiger partial charge is 0.406 e. The second-order valence-corrected chi connectivity index (χ2v) is 5.66. The first-order chi connectivity index (χ1) is 9.76. The molecule has 1 aliphatic rings. The molecule has 1 aromatic rings. The fraction of sp³-hybridized carbons (Fsp3) is 0.600. The molecule has 3 unspecified atom stereocenters. The van der Waals surface area contributed by atoms with E-state index in [0.29, 0.717) is 6.04 Å². The minimum absolute atomic E-state index is 0.146. The molecule has 2 N–H and O–H groups in total. The predicted octanol–water partition coefficient (Wildman–Crippen LogP) is 3.46. The van der Waals surface area contributed by atoms with Crippen molar-refractivity contribution < 1.29 is 17.9 Å². The van der Waals surface area contributed by atoms with Crippen LogP contribution in [0.5, 0.6) is 5.75 Å². The van der Waals surface area contributed by atoms with E-state index in [-0.39, 0.29) is 17.8 Å². The summed E-state index contributed by atoms with van der Waals surface area (Å²) < 4.78 is 40.3. The zero-order chi connectivity index (χ0) is 15.6. The largest absolute Gasteiger partial charge is 0.573 e. The van der Waals surface area contributed by atoms with Crippen molar-refractivity contribution in [2.24, 2.45) is 5.73 Å². The van der Waals surface area contributed by atoms with Crippen LogP contribution in [-0.4, -0.2) is 29.9 Å². The number of halogens is 3. The van der Waals surface area contributed by atoms with Crippen LogP contribution in [0.25, 0.3) is 0 Å². The van der Waals surface area contributed by atoms with Crippen LogP contribution in [0.3, 0.4) is 0 Å². The number of piperidine rings is 1. The lowest BCUT2D eigenvalue weighted by atomic mass is 9.95. The third-order valence-electron chi connectivity index (χ3n) is 4.06. The summed E-state index contributed by atoms with van der Waals surface area (Å²) in [5.41, 5.74) is 6.93. The van der Waals surface area contributed by atoms with Crippen LogP contribution in [0.1, 0.15) is 38.3 Å². The number of hydrogen-bond donors (Lipinski definition) is 1. The van der Waals surface area contributed by atoms with Crippen molar-refractivity contribution in [3.8, 4) is 5.75 Å². The third-order valence-corrected chi connectivity index (χ3v) is 4.06. The van der Waals surface area contributed by atoms with E-state index >= 15 is 0 Å². The molecule has 1 aliphatic heterocycles. The Balaban J connectivity index is 2.04. The Kier molecular flexibility index (Phi) is 4.78. The number of rotatable bonds is 3. The number of ether oxygens (including phenoxy) is 1. The van der Waals surface area contributed by atoms with Crippen molar-refractivity contribution in [3.63, 3.8) is 0 Å². The van der Waals surface area contributed by atoms with E-state index in [9.17, 15) is 13.2 Å². The van der Waals surface area contributed by atoms with Gasteiger partial charge >= 0.3 is 6.36 Å². The van der Waals surface area contributed by atoms with Gasteiger partial charge in [0.15, 0.2) is 0 Å². The van der Waals surface area contributed by atoms with E-state index in [0.717, 1.165) is 24.9 Å². The fourth-order valence-electron chi connectivity index (χ4n) is 2.94. The van der Waals surface area contributed by atoms with Gasteiger partial charge in [0.1, 0.15) is 5.75 Å². The Hall–Kier alpha value is -1.27. The monoisotopic (exact) mass is 302 g/mol. The minimum Gasteiger partial charge on any atom is -0.406 e. The number of benzene rings is 1. The zero-order valence-corrected chi connectivity index (χ0v) is 12.2. The van der Waals surface area contributed by atoms with Crippen LogP contribution >= 0.6 is 0 Å². The summed E-state index contributed by atoms with van der Waals surface area (Å²) >= 11 is 0. The topological polar surface area (TPSA) is 38.5 Å². The number of likely N-dealkylation sites (tertiary alicyclic amines) is 1. The van der Waals surface area contributed by atoms with Gasteiger partial charge in [-0.2, -0.15) is 0 Å². The Morgan fingerprint density at radius 3 is 2.43 bits per heavy atom. The summed E-state index contributed by atoms with van der Waals surface area (Å²) in [5, 5.41) is 0. The average Bonchev–Trinajstić information content (AvgIpc) is 2.37. The maximum Gasteiger partial charge on any atom is 0.573 e. The van der Waals surface area contributed by atoms with Gasteiger partial charge in [-0.1, -0.05) is 12.1 Å². The molecule has 0 saturated carbocycles. The molecule has 1 fully saturated rings. The minimum atomic E-state index is -4.65. The van der Waals surface area contributed by atoms with E-state index in [1.54, 1.807) is 12.1 Å². The highest BCUT2D eigenvalue weighted by Crippen LogP contribution is 2.30. The molecule has 1 heterocycles. The molecule has 0 radical (unpaired) electrons. The van der Waals surface area contributed by atoms with E-state index in [1.807, 2.05) is 0 Å². The van der Waals surface area contributed by atoms with E-state index < -0.39 is 6.36 Å². The average molecular weight is 302 g/mol. The lowest BCUT2D eigenvalue weighted by Crippen LogP contribution is -2.46. The first-order valence-electron chi connectivity index (χ1n) is 7.13. The van der Waals surface area contributed by atoms with Crippen LogP contribution in [0.2, 0.25) is 0 Å². The van der Waals surface area contributed by atoms with Gasteiger partial charge in [-0.25, -0.2) is 0 Å². The molecular formula is C15H21F3N2O. The van der Waals surface area contributed by atoms with Gasteiger partial charge in [0.25, 0.3) is 0 Å². The molecule has 1 aromatic carbocycles. The molecule has 0 spiro atoms. The van der Waals surface area contributed by atoms with Crippen molar-refractivity contribution in [3.05, 3.63) is 29.8 Å². The van der Waals surface area contributed by atoms with Crippen LogP contribution in [0, 0.1) is 0 Å². The molecule has 3 nitrogen and oxygen atoms in total. The maximum atomic E-state index is 12.1. The highest BCUT2D eigenvalue weighted by Gasteiger charge is 2.31. The van der Waals surface area contributed by atoms with Crippen molar-refractivity contribution in [2.45, 2.75) is 51.2 Å². The van der Waals surface area contributed by atoms with Gasteiger partial charge in [0.2, 0.25) is 0 Å². The molecule has 118 valence electrons. The summed E-state index contributed by atoms with van der Waals surface area (Å²) in [6.45, 7) is 5.11. The molecule has 6 heteroatoms. The third kappa shape index (κ3) is 4.35. The highest BCUT2D eigenvalue weighted by atomic mass is 19.4. The first kappa shape index (κ1) is 16.1. The van der Waals surface area contributed by atoms with Crippen molar-refractivity contribution in [2.75, 3.05) is 6.54 Å². The van der Waals surface area contributed by atoms with E-state index in [2.05, 4.69) is 23.5 Å². The van der Waals surface area contributed by atoms with Gasteiger partial charge in [0.05, 0.1) is 0 Å². The predicted molar refractivity (Wildman–Crippen MR) is 74.9 cm³/mol. The molecule has 0 aliphatic carbocycles. The lowest BCUT2D eigenvalue weighted by Gasteiger charge is -2.40. The van der Waals surface area contributed by atoms with Crippen LogP contribution in [0.15, 0.2) is 24.3 Å². The Bertz CT molecular complexity index is 461. The summed E-state index contributed by atoms with van der Waals surface area (Å²) in [6.07, 6.45) is -2.76. The van der Waals surface area contributed by atoms with Gasteiger partial charge in [-0.15, -0.1) is 13.2 Å². The zero-order valence-electron chi connectivity index (χ0n) is 12.2. The number of alkyl halides is 3. The molecule has 0 bridgehead atoms. The molecule has 21 heavy (non-hydrogen) atoms. The SMILES string of the molecule is CC1CC(N)CCN1C(C)c1ccc(OC(F)(F)F)cc1. The normalized spacial score (nSPS) is 25.6. The number of nitrogens with two attached hydrogens (primary N) is 1. The summed E-state index contributed by atoms with van der Waals surface area (Å²) in [5.74, 6) is -0.188. The van der Waals surface area contributed by atoms with Gasteiger partial charge in [-0.05, 0) is 44.4 Å². The number of hydrogen-bond acceptors (Lipinski definition) is 3. The fourth-order valence-corrected chi connectivity index (χ4v) is 2.94. The highest BCUT2D eigenvalue weighted by molar-refractivity contribution is 5.29. The Morgan fingerprint density at radius 1 is 1.29 bits per heavy atom. The Labute approximate surface area is 122 Å². The maximum absolute atomic E-state index is 12.1. The second kappa shape index (κ2) is 6.23. The quantitative estimate of drug-likeness (QED) is 0.929. The van der Waals surface area contributed by atoms with Crippen LogP contribution in [0.4, 0.5) is 13.2 Å². The molecule has 2 rings (SSSR count). The van der Waals surface area contributed by atoms with Gasteiger partial charge in [0, 0.05) is 24.7 Å². The molecule has 3 atom stereocenters. The van der Waals surface area contributed by atoms with Crippen molar-refractivity contribution in [1.29, 1.82) is 0 Å². The van der Waals surface area contributed by atoms with Crippen molar-refractivity contribution in [1.82, 2.24) is 4.90 Å². The first-order valence-corrected chi connectivity index (χ1v) is 7.13. The standard InChI is InChI=1S/C15H21F3N2O/c1-10-9-13(19)7-8-20(10)11(2)12-3-5-14(6-4-12)21-15(16,17)18/h3-6,10-11,13H,7-9,19H2,1-2H3. The van der Waals surface area contributed by atoms with E-state index in [4.69, 9.17) is 5.73 Å². The van der Waals surface area contributed by atoms with Crippen LogP contribution < -0.4 is 10.5 Å². The molecule has 0 amide bonds. The summed E-state index contributed by atoms with van der Waals surface area (Å²) in [4.78, 5) is 2.34. The van der Waals surface area contributed by atoms with E-state index in [1.165, 1.54) is 12.1 Å². The second-order valence-electron chi connectivity index (χ2n) is 5.66. The van der Waals surface area contributed by atoms with Crippen molar-refractivity contribution >= 4 is 0 Å². The summed E-state index contributed by atoms with van der Waals surface area (Å²) in [6, 6.07) is 6.85. The summed E-state index contributed by atoms with van der Waals surface area (Å²) in [7, 11) is 0. The van der Waals surface area contributed by atoms with Gasteiger partial charge in [-0.3, -0.25) is 4.90 Å². The van der Waals surface area contributed by atoms with Gasteiger partial charge < -0.3 is 10.5 Å². The molecule has 1 saturated heterocycles. The number of nitrogens with zero attached hydrogens (tertiary/aromatic N) is 1.